The van der Waals surface area contributed by atoms with Crippen molar-refractivity contribution in [3.05, 3.63) is 0 Å². The van der Waals surface area contributed by atoms with Gasteiger partial charge in [-0.3, -0.25) is 10.1 Å². The fourth-order valence-electron chi connectivity index (χ4n) is 3.27. The largest absolute Gasteiger partial charge is 0.468 e. The van der Waals surface area contributed by atoms with Gasteiger partial charge in [0.05, 0.1) is 13.2 Å². The molecular weight excluding hydrogens is 266 g/mol. The molecule has 0 aliphatic heterocycles. The maximum absolute atomic E-state index is 12.4. The van der Waals surface area contributed by atoms with Gasteiger partial charge in [-0.1, -0.05) is 20.3 Å². The Labute approximate surface area is 130 Å². The number of carbonyl (C=O) groups is 1. The van der Waals surface area contributed by atoms with Crippen molar-refractivity contribution in [3.63, 3.8) is 0 Å². The maximum atomic E-state index is 12.4. The lowest BCUT2D eigenvalue weighted by molar-refractivity contribution is -0.151. The Balaban J connectivity index is 2.67. The first-order valence-corrected chi connectivity index (χ1v) is 8.31. The van der Waals surface area contributed by atoms with Crippen LogP contribution in [0.25, 0.3) is 0 Å². The Morgan fingerprint density at radius 2 is 1.95 bits per heavy atom. The van der Waals surface area contributed by atoms with Crippen molar-refractivity contribution < 1.29 is 14.3 Å². The zero-order chi connectivity index (χ0) is 16.0. The molecule has 0 heterocycles. The Morgan fingerprint density at radius 1 is 1.29 bits per heavy atom. The number of ether oxygens (including phenoxy) is 2. The second-order valence-electron chi connectivity index (χ2n) is 6.96. The molecule has 1 aliphatic carbocycles. The van der Waals surface area contributed by atoms with Crippen LogP contribution in [-0.4, -0.2) is 37.4 Å². The van der Waals surface area contributed by atoms with E-state index in [0.29, 0.717) is 18.4 Å². The molecule has 4 nitrogen and oxygen atoms in total. The Bertz CT molecular complexity index is 330. The van der Waals surface area contributed by atoms with E-state index in [1.54, 1.807) is 0 Å². The molecule has 4 heteroatoms. The second kappa shape index (κ2) is 8.14. The molecule has 0 amide bonds. The van der Waals surface area contributed by atoms with Crippen LogP contribution in [0, 0.1) is 11.8 Å². The van der Waals surface area contributed by atoms with Crippen molar-refractivity contribution in [2.24, 2.45) is 11.8 Å². The lowest BCUT2D eigenvalue weighted by Crippen LogP contribution is -2.57. The highest BCUT2D eigenvalue weighted by Crippen LogP contribution is 2.39. The highest BCUT2D eigenvalue weighted by atomic mass is 16.5. The number of hydrogen-bond acceptors (Lipinski definition) is 4. The van der Waals surface area contributed by atoms with Crippen LogP contribution in [0.15, 0.2) is 0 Å². The number of nitrogens with one attached hydrogen (secondary N) is 1. The average molecular weight is 299 g/mol. The molecule has 3 atom stereocenters. The van der Waals surface area contributed by atoms with Gasteiger partial charge in [0.25, 0.3) is 0 Å². The van der Waals surface area contributed by atoms with E-state index >= 15 is 0 Å². The first-order valence-electron chi connectivity index (χ1n) is 8.31. The van der Waals surface area contributed by atoms with Gasteiger partial charge in [-0.05, 0) is 51.9 Å². The number of rotatable bonds is 8. The number of carbonyl (C=O) groups excluding carboxylic acids is 1. The summed E-state index contributed by atoms with van der Waals surface area (Å²) in [6, 6.07) is 0.264. The standard InChI is InChI=1S/C17H33NO3/c1-12(2)14(5)21-11-9-15-8-7-10-17(15,16(19)20-6)18-13(3)4/h12-15,18H,7-11H2,1-6H3. The summed E-state index contributed by atoms with van der Waals surface area (Å²) >= 11 is 0. The highest BCUT2D eigenvalue weighted by Gasteiger charge is 2.49. The summed E-state index contributed by atoms with van der Waals surface area (Å²) in [6.45, 7) is 11.3. The zero-order valence-corrected chi connectivity index (χ0v) is 14.6. The molecule has 0 aromatic carbocycles. The van der Waals surface area contributed by atoms with Crippen molar-refractivity contribution in [1.82, 2.24) is 5.32 Å². The van der Waals surface area contributed by atoms with Gasteiger partial charge in [0.15, 0.2) is 0 Å². The van der Waals surface area contributed by atoms with E-state index in [2.05, 4.69) is 39.9 Å². The fourth-order valence-corrected chi connectivity index (χ4v) is 3.27. The van der Waals surface area contributed by atoms with Crippen LogP contribution < -0.4 is 5.32 Å². The fraction of sp³-hybridized carbons (Fsp3) is 0.941. The van der Waals surface area contributed by atoms with Crippen LogP contribution >= 0.6 is 0 Å². The maximum Gasteiger partial charge on any atom is 0.326 e. The molecule has 21 heavy (non-hydrogen) atoms. The summed E-state index contributed by atoms with van der Waals surface area (Å²) in [4.78, 5) is 12.4. The molecule has 124 valence electrons. The molecule has 1 fully saturated rings. The Kier molecular flexibility index (Phi) is 7.14. The molecule has 1 aliphatic rings. The Morgan fingerprint density at radius 3 is 2.48 bits per heavy atom. The van der Waals surface area contributed by atoms with Crippen LogP contribution in [0.2, 0.25) is 0 Å². The summed E-state index contributed by atoms with van der Waals surface area (Å²) in [7, 11) is 1.48. The van der Waals surface area contributed by atoms with Gasteiger partial charge in [-0.15, -0.1) is 0 Å². The van der Waals surface area contributed by atoms with Crippen molar-refractivity contribution in [2.45, 2.75) is 78.0 Å². The van der Waals surface area contributed by atoms with Crippen LogP contribution in [0.4, 0.5) is 0 Å². The predicted molar refractivity (Wildman–Crippen MR) is 85.2 cm³/mol. The van der Waals surface area contributed by atoms with E-state index in [0.717, 1.165) is 25.7 Å². The van der Waals surface area contributed by atoms with Gasteiger partial charge in [-0.2, -0.15) is 0 Å². The van der Waals surface area contributed by atoms with E-state index in [-0.39, 0.29) is 18.1 Å². The molecule has 3 unspecified atom stereocenters. The zero-order valence-electron chi connectivity index (χ0n) is 14.6. The topological polar surface area (TPSA) is 47.6 Å². The SMILES string of the molecule is COC(=O)C1(NC(C)C)CCCC1CCOC(C)C(C)C. The summed E-state index contributed by atoms with van der Waals surface area (Å²) < 4.78 is 11.0. The quantitative estimate of drug-likeness (QED) is 0.699. The van der Waals surface area contributed by atoms with Gasteiger partial charge >= 0.3 is 5.97 Å². The van der Waals surface area contributed by atoms with E-state index in [1.807, 2.05) is 0 Å². The normalized spacial score (nSPS) is 27.3. The van der Waals surface area contributed by atoms with Crippen molar-refractivity contribution in [1.29, 1.82) is 0 Å². The molecule has 0 aromatic heterocycles. The molecule has 1 N–H and O–H groups in total. The summed E-state index contributed by atoms with van der Waals surface area (Å²) in [5, 5.41) is 3.49. The molecule has 0 radical (unpaired) electrons. The van der Waals surface area contributed by atoms with Crippen LogP contribution in [0.3, 0.4) is 0 Å². The number of esters is 1. The summed E-state index contributed by atoms with van der Waals surface area (Å²) in [6.07, 6.45) is 4.17. The lowest BCUT2D eigenvalue weighted by Gasteiger charge is -2.36. The third-order valence-corrected chi connectivity index (χ3v) is 4.70. The van der Waals surface area contributed by atoms with Crippen molar-refractivity contribution >= 4 is 5.97 Å². The minimum atomic E-state index is -0.520. The summed E-state index contributed by atoms with van der Waals surface area (Å²) in [5.41, 5.74) is -0.520. The van der Waals surface area contributed by atoms with Gasteiger partial charge in [0, 0.05) is 12.6 Å². The van der Waals surface area contributed by atoms with E-state index < -0.39 is 5.54 Å². The average Bonchev–Trinajstić information content (AvgIpc) is 2.80. The molecule has 1 rings (SSSR count). The molecule has 0 saturated heterocycles. The first-order chi connectivity index (χ1) is 9.83. The predicted octanol–water partition coefficient (Wildman–Crippen LogP) is 3.15. The van der Waals surface area contributed by atoms with Crippen LogP contribution in [0.5, 0.6) is 0 Å². The van der Waals surface area contributed by atoms with Gasteiger partial charge in [0.2, 0.25) is 0 Å². The van der Waals surface area contributed by atoms with Crippen LogP contribution in [-0.2, 0) is 14.3 Å². The van der Waals surface area contributed by atoms with Gasteiger partial charge in [-0.25, -0.2) is 0 Å². The number of hydrogen-bond donors (Lipinski definition) is 1. The molecule has 1 saturated carbocycles. The molecule has 0 bridgehead atoms. The minimum absolute atomic E-state index is 0.115. The van der Waals surface area contributed by atoms with Crippen molar-refractivity contribution in [3.8, 4) is 0 Å². The van der Waals surface area contributed by atoms with Gasteiger partial charge < -0.3 is 9.47 Å². The van der Waals surface area contributed by atoms with E-state index in [4.69, 9.17) is 9.47 Å². The monoisotopic (exact) mass is 299 g/mol. The summed E-state index contributed by atoms with van der Waals surface area (Å²) in [5.74, 6) is 0.704. The Hall–Kier alpha value is -0.610. The van der Waals surface area contributed by atoms with Crippen LogP contribution in [0.1, 0.15) is 60.3 Å². The highest BCUT2D eigenvalue weighted by molar-refractivity contribution is 5.81. The van der Waals surface area contributed by atoms with Gasteiger partial charge in [0.1, 0.15) is 5.54 Å². The van der Waals surface area contributed by atoms with Crippen molar-refractivity contribution in [2.75, 3.05) is 13.7 Å². The van der Waals surface area contributed by atoms with E-state index in [1.165, 1.54) is 7.11 Å². The minimum Gasteiger partial charge on any atom is -0.468 e. The molecule has 0 aromatic rings. The smallest absolute Gasteiger partial charge is 0.326 e. The molecular formula is C17H33NO3. The second-order valence-corrected chi connectivity index (χ2v) is 6.96. The lowest BCUT2D eigenvalue weighted by atomic mass is 9.84. The third kappa shape index (κ3) is 4.68. The van der Waals surface area contributed by atoms with E-state index in [9.17, 15) is 4.79 Å². The third-order valence-electron chi connectivity index (χ3n) is 4.70. The molecule has 0 spiro atoms. The first kappa shape index (κ1) is 18.4. The number of methoxy groups -OCH3 is 1.